The van der Waals surface area contributed by atoms with Crippen molar-refractivity contribution < 1.29 is 29.7 Å². The van der Waals surface area contributed by atoms with Crippen LogP contribution in [0.2, 0.25) is 0 Å². The predicted molar refractivity (Wildman–Crippen MR) is 129 cm³/mol. The lowest BCUT2D eigenvalue weighted by molar-refractivity contribution is -0.139. The fourth-order valence-electron chi connectivity index (χ4n) is 2.32. The summed E-state index contributed by atoms with van der Waals surface area (Å²) < 4.78 is 0. The normalized spacial score (nSPS) is 12.4. The highest BCUT2D eigenvalue weighted by molar-refractivity contribution is 5.75. The Morgan fingerprint density at radius 1 is 0.886 bits per heavy atom. The number of hydrogen-bond acceptors (Lipinski definition) is 8. The topological polar surface area (TPSA) is 283 Å². The maximum Gasteiger partial charge on any atom is 0.320 e. The van der Waals surface area contributed by atoms with Crippen LogP contribution in [-0.4, -0.2) is 73.8 Å². The van der Waals surface area contributed by atoms with Gasteiger partial charge in [-0.05, 0) is 24.8 Å². The van der Waals surface area contributed by atoms with Gasteiger partial charge in [0.15, 0.2) is 5.96 Å². The Balaban J connectivity index is 0.000000496. The molecule has 2 aromatic rings. The molecule has 0 bridgehead atoms. The zero-order valence-electron chi connectivity index (χ0n) is 19.2. The number of imidazole rings is 1. The Morgan fingerprint density at radius 2 is 1.43 bits per heavy atom. The lowest BCUT2D eigenvalue weighted by Gasteiger charge is -2.04. The lowest BCUT2D eigenvalue weighted by Crippen LogP contribution is -2.32. The molecule has 1 aromatic heterocycles. The van der Waals surface area contributed by atoms with Crippen LogP contribution < -0.4 is 28.7 Å². The minimum atomic E-state index is -1.00. The first-order valence-corrected chi connectivity index (χ1v) is 10.5. The molecule has 14 N–H and O–H groups in total. The standard InChI is InChI=1S/C9H11NO2.C6H14N4O2.C6H9N3O2/c10-8(9(11)12)6-7-4-2-1-3-5-7;7-4(5(11)12)2-1-3-10-6(8)9;7-5(6(10)11)1-4-2-8-3-9-4/h1-5,8H,6,10H2,(H,11,12);4H,1-3,7H2,(H,11,12)(H4,8,9,10);2-3,5H,1,7H2,(H,8,9)(H,10,11). The second-order valence-electron chi connectivity index (χ2n) is 7.25. The molecule has 1 aromatic carbocycles. The zero-order chi connectivity index (χ0) is 26.8. The molecule has 0 saturated carbocycles. The van der Waals surface area contributed by atoms with Gasteiger partial charge in [-0.25, -0.2) is 4.98 Å². The molecule has 3 unspecified atom stereocenters. The summed E-state index contributed by atoms with van der Waals surface area (Å²) in [7, 11) is 0. The maximum atomic E-state index is 10.4. The maximum absolute atomic E-state index is 10.4. The van der Waals surface area contributed by atoms with Gasteiger partial charge in [0.2, 0.25) is 0 Å². The van der Waals surface area contributed by atoms with Crippen molar-refractivity contribution in [1.82, 2.24) is 9.97 Å². The largest absolute Gasteiger partial charge is 0.480 e. The number of nitrogens with two attached hydrogens (primary N) is 5. The first-order chi connectivity index (χ1) is 16.4. The summed E-state index contributed by atoms with van der Waals surface area (Å²) in [5.41, 5.74) is 27.6. The lowest BCUT2D eigenvalue weighted by atomic mass is 10.1. The van der Waals surface area contributed by atoms with E-state index in [4.69, 9.17) is 44.0 Å². The Hall–Kier alpha value is -4.01. The highest BCUT2D eigenvalue weighted by Gasteiger charge is 2.12. The van der Waals surface area contributed by atoms with E-state index in [1.54, 1.807) is 6.20 Å². The number of aliphatic imine (C=N–C) groups is 1. The Kier molecular flexibility index (Phi) is 15.5. The molecule has 0 radical (unpaired) electrons. The monoisotopic (exact) mass is 494 g/mol. The third-order valence-electron chi connectivity index (χ3n) is 4.21. The van der Waals surface area contributed by atoms with Crippen LogP contribution >= 0.6 is 0 Å². The van der Waals surface area contributed by atoms with E-state index in [0.717, 1.165) is 11.3 Å². The molecule has 3 atom stereocenters. The van der Waals surface area contributed by atoms with Crippen molar-refractivity contribution >= 4 is 23.9 Å². The second-order valence-corrected chi connectivity index (χ2v) is 7.25. The van der Waals surface area contributed by atoms with Gasteiger partial charge in [-0.3, -0.25) is 19.4 Å². The fraction of sp³-hybridized carbons (Fsp3) is 0.381. The van der Waals surface area contributed by atoms with E-state index in [9.17, 15) is 14.4 Å². The average Bonchev–Trinajstić information content (AvgIpc) is 3.31. The van der Waals surface area contributed by atoms with Gasteiger partial charge in [-0.15, -0.1) is 0 Å². The molecule has 0 spiro atoms. The van der Waals surface area contributed by atoms with Crippen LogP contribution in [0.1, 0.15) is 24.1 Å². The van der Waals surface area contributed by atoms with Crippen molar-refractivity contribution in [3.8, 4) is 0 Å². The van der Waals surface area contributed by atoms with E-state index in [-0.39, 0.29) is 12.4 Å². The van der Waals surface area contributed by atoms with Crippen molar-refractivity contribution in [2.24, 2.45) is 33.7 Å². The van der Waals surface area contributed by atoms with Gasteiger partial charge in [0, 0.05) is 24.9 Å². The number of aromatic amines is 1. The predicted octanol–water partition coefficient (Wildman–Crippen LogP) is -1.54. The number of benzene rings is 1. The number of hydrogen-bond donors (Lipinski definition) is 9. The minimum Gasteiger partial charge on any atom is -0.480 e. The van der Waals surface area contributed by atoms with Crippen LogP contribution in [0.25, 0.3) is 0 Å². The summed E-state index contributed by atoms with van der Waals surface area (Å²) in [5, 5.41) is 25.3. The molecule has 0 aliphatic carbocycles. The Labute approximate surface area is 202 Å². The van der Waals surface area contributed by atoms with Gasteiger partial charge in [0.25, 0.3) is 0 Å². The molecule has 14 nitrogen and oxygen atoms in total. The van der Waals surface area contributed by atoms with E-state index in [2.05, 4.69) is 15.0 Å². The van der Waals surface area contributed by atoms with Gasteiger partial charge >= 0.3 is 17.9 Å². The molecule has 194 valence electrons. The quantitative estimate of drug-likeness (QED) is 0.0975. The molecule has 0 amide bonds. The van der Waals surface area contributed by atoms with Gasteiger partial charge < -0.3 is 49.0 Å². The third-order valence-corrected chi connectivity index (χ3v) is 4.21. The highest BCUT2D eigenvalue weighted by atomic mass is 16.4. The smallest absolute Gasteiger partial charge is 0.320 e. The molecule has 14 heteroatoms. The first kappa shape index (κ1) is 31.0. The number of nitrogens with zero attached hydrogens (tertiary/aromatic N) is 2. The van der Waals surface area contributed by atoms with Crippen LogP contribution in [0, 0.1) is 0 Å². The van der Waals surface area contributed by atoms with Crippen molar-refractivity contribution in [1.29, 1.82) is 0 Å². The summed E-state index contributed by atoms with van der Waals surface area (Å²) in [6.45, 7) is 0.420. The summed E-state index contributed by atoms with van der Waals surface area (Å²) in [4.78, 5) is 41.0. The van der Waals surface area contributed by atoms with Gasteiger partial charge in [-0.2, -0.15) is 0 Å². The van der Waals surface area contributed by atoms with Crippen LogP contribution in [-0.2, 0) is 27.2 Å². The molecule has 0 aliphatic rings. The minimum absolute atomic E-state index is 0.0129. The van der Waals surface area contributed by atoms with Crippen molar-refractivity contribution in [3.63, 3.8) is 0 Å². The second kappa shape index (κ2) is 17.5. The molecular weight excluding hydrogens is 460 g/mol. The SMILES string of the molecule is NC(Cc1ccccc1)C(=O)O.NC(Cc1cnc[nH]1)C(=O)O.NC(N)=NCCCC(N)C(=O)O. The molecule has 1 heterocycles. The fourth-order valence-corrected chi connectivity index (χ4v) is 2.32. The molecule has 0 aliphatic heterocycles. The van der Waals surface area contributed by atoms with Crippen LogP contribution in [0.15, 0.2) is 47.8 Å². The van der Waals surface area contributed by atoms with E-state index in [1.165, 1.54) is 6.33 Å². The van der Waals surface area contributed by atoms with E-state index in [0.29, 0.717) is 25.8 Å². The molecule has 0 saturated heterocycles. The number of nitrogens with one attached hydrogen (secondary N) is 1. The molecule has 35 heavy (non-hydrogen) atoms. The number of guanidine groups is 1. The number of H-pyrrole nitrogens is 1. The number of carbonyl (C=O) groups is 3. The summed E-state index contributed by atoms with van der Waals surface area (Å²) in [6.07, 6.45) is 4.68. The highest BCUT2D eigenvalue weighted by Crippen LogP contribution is 2.01. The third kappa shape index (κ3) is 16.3. The number of carboxylic acid groups (broad SMARTS) is 3. The van der Waals surface area contributed by atoms with Gasteiger partial charge in [0.1, 0.15) is 18.1 Å². The molecular formula is C21H34N8O6. The first-order valence-electron chi connectivity index (χ1n) is 10.5. The number of rotatable bonds is 11. The van der Waals surface area contributed by atoms with Crippen LogP contribution in [0.4, 0.5) is 0 Å². The van der Waals surface area contributed by atoms with Crippen molar-refractivity contribution in [2.45, 2.75) is 43.8 Å². The number of aliphatic carboxylic acids is 3. The Bertz CT molecular complexity index is 904. The number of aromatic nitrogens is 2. The zero-order valence-corrected chi connectivity index (χ0v) is 19.2. The summed E-state index contributed by atoms with van der Waals surface area (Å²) >= 11 is 0. The van der Waals surface area contributed by atoms with E-state index >= 15 is 0 Å². The van der Waals surface area contributed by atoms with Gasteiger partial charge in [0.05, 0.1) is 6.33 Å². The van der Waals surface area contributed by atoms with Crippen LogP contribution in [0.3, 0.4) is 0 Å². The van der Waals surface area contributed by atoms with Crippen molar-refractivity contribution in [2.75, 3.05) is 6.54 Å². The molecule has 0 fully saturated rings. The Morgan fingerprint density at radius 3 is 1.89 bits per heavy atom. The van der Waals surface area contributed by atoms with Crippen LogP contribution in [0.5, 0.6) is 0 Å². The molecule has 2 rings (SSSR count). The van der Waals surface area contributed by atoms with E-state index < -0.39 is 36.0 Å². The van der Waals surface area contributed by atoms with Gasteiger partial charge in [-0.1, -0.05) is 30.3 Å². The summed E-state index contributed by atoms with van der Waals surface area (Å²) in [6, 6.07) is 6.87. The average molecular weight is 495 g/mol. The van der Waals surface area contributed by atoms with E-state index in [1.807, 2.05) is 30.3 Å². The summed E-state index contributed by atoms with van der Waals surface area (Å²) in [5.74, 6) is -2.95. The van der Waals surface area contributed by atoms with Crippen molar-refractivity contribution in [3.05, 3.63) is 54.1 Å². The number of carboxylic acids is 3.